The summed E-state index contributed by atoms with van der Waals surface area (Å²) in [6, 6.07) is 0. The Morgan fingerprint density at radius 3 is 2.00 bits per heavy atom. The SMILES string of the molecule is C[C@@H](O)C1(C)CC1. The number of rotatable bonds is 1. The molecule has 7 heavy (non-hydrogen) atoms. The normalized spacial score (nSPS) is 29.6. The molecule has 0 heterocycles. The van der Waals surface area contributed by atoms with E-state index in [-0.39, 0.29) is 6.10 Å². The summed E-state index contributed by atoms with van der Waals surface area (Å²) in [6.45, 7) is 3.99. The molecule has 0 aromatic heterocycles. The van der Waals surface area contributed by atoms with E-state index in [4.69, 9.17) is 5.11 Å². The van der Waals surface area contributed by atoms with E-state index in [1.165, 1.54) is 12.8 Å². The summed E-state index contributed by atoms with van der Waals surface area (Å²) < 4.78 is 0. The Kier molecular flexibility index (Phi) is 0.890. The van der Waals surface area contributed by atoms with Crippen LogP contribution in [0.25, 0.3) is 0 Å². The molecule has 1 rings (SSSR count). The monoisotopic (exact) mass is 100 g/mol. The van der Waals surface area contributed by atoms with Crippen molar-refractivity contribution >= 4 is 0 Å². The van der Waals surface area contributed by atoms with Crippen LogP contribution in [0.3, 0.4) is 0 Å². The molecule has 42 valence electrons. The summed E-state index contributed by atoms with van der Waals surface area (Å²) in [6.07, 6.45) is 2.34. The Balaban J connectivity index is 2.39. The summed E-state index contributed by atoms with van der Waals surface area (Å²) >= 11 is 0. The molecule has 0 bridgehead atoms. The molecule has 0 aromatic carbocycles. The van der Waals surface area contributed by atoms with E-state index in [0.29, 0.717) is 5.41 Å². The lowest BCUT2D eigenvalue weighted by atomic mass is 10.0. The van der Waals surface area contributed by atoms with E-state index < -0.39 is 0 Å². The smallest absolute Gasteiger partial charge is 0.0565 e. The molecular formula is C6H12O. The molecule has 0 radical (unpaired) electrons. The summed E-state index contributed by atoms with van der Waals surface area (Å²) in [5.74, 6) is 0. The fourth-order valence-corrected chi connectivity index (χ4v) is 0.615. The average molecular weight is 100 g/mol. The molecule has 1 nitrogen and oxygen atoms in total. The number of hydrogen-bond donors (Lipinski definition) is 1. The lowest BCUT2D eigenvalue weighted by molar-refractivity contribution is 0.121. The summed E-state index contributed by atoms with van der Waals surface area (Å²) in [5.41, 5.74) is 0.306. The van der Waals surface area contributed by atoms with Gasteiger partial charge in [-0.2, -0.15) is 0 Å². The second-order valence-corrected chi connectivity index (χ2v) is 2.83. The van der Waals surface area contributed by atoms with E-state index in [1.54, 1.807) is 0 Å². The molecule has 1 N–H and O–H groups in total. The topological polar surface area (TPSA) is 20.2 Å². The molecule has 0 aliphatic heterocycles. The Hall–Kier alpha value is -0.0400. The predicted molar refractivity (Wildman–Crippen MR) is 29.0 cm³/mol. The van der Waals surface area contributed by atoms with Gasteiger partial charge in [-0.1, -0.05) is 6.92 Å². The average Bonchev–Trinajstić information content (AvgIpc) is 2.21. The maximum Gasteiger partial charge on any atom is 0.0565 e. The molecular weight excluding hydrogens is 88.1 g/mol. The van der Waals surface area contributed by atoms with Crippen molar-refractivity contribution in [1.29, 1.82) is 0 Å². The van der Waals surface area contributed by atoms with Crippen LogP contribution in [0.2, 0.25) is 0 Å². The maximum atomic E-state index is 8.95. The molecule has 1 aliphatic carbocycles. The highest BCUT2D eigenvalue weighted by Crippen LogP contribution is 2.47. The standard InChI is InChI=1S/C6H12O/c1-5(7)6(2)3-4-6/h5,7H,3-4H2,1-2H3/t5-/m1/s1. The molecule has 0 amide bonds. The van der Waals surface area contributed by atoms with Gasteiger partial charge in [-0.25, -0.2) is 0 Å². The first-order valence-electron chi connectivity index (χ1n) is 2.83. The highest BCUT2D eigenvalue weighted by molar-refractivity contribution is 4.92. The van der Waals surface area contributed by atoms with Crippen LogP contribution >= 0.6 is 0 Å². The minimum atomic E-state index is -0.0903. The van der Waals surface area contributed by atoms with Gasteiger partial charge in [0.25, 0.3) is 0 Å². The summed E-state index contributed by atoms with van der Waals surface area (Å²) in [5, 5.41) is 8.95. The molecule has 1 aliphatic rings. The predicted octanol–water partition coefficient (Wildman–Crippen LogP) is 1.17. The third-order valence-corrected chi connectivity index (χ3v) is 2.05. The molecule has 0 spiro atoms. The third-order valence-electron chi connectivity index (χ3n) is 2.05. The van der Waals surface area contributed by atoms with E-state index in [1.807, 2.05) is 6.92 Å². The lowest BCUT2D eigenvalue weighted by Gasteiger charge is -2.09. The molecule has 0 aromatic rings. The minimum absolute atomic E-state index is 0.0903. The maximum absolute atomic E-state index is 8.95. The van der Waals surface area contributed by atoms with Crippen LogP contribution in [0, 0.1) is 5.41 Å². The van der Waals surface area contributed by atoms with Crippen molar-refractivity contribution in [2.45, 2.75) is 32.8 Å². The van der Waals surface area contributed by atoms with Crippen molar-refractivity contribution in [3.63, 3.8) is 0 Å². The third kappa shape index (κ3) is 0.778. The van der Waals surface area contributed by atoms with Crippen molar-refractivity contribution in [3.8, 4) is 0 Å². The van der Waals surface area contributed by atoms with Gasteiger partial charge in [0.1, 0.15) is 0 Å². The molecule has 0 unspecified atom stereocenters. The van der Waals surface area contributed by atoms with Crippen LogP contribution in [0.4, 0.5) is 0 Å². The largest absolute Gasteiger partial charge is 0.393 e. The van der Waals surface area contributed by atoms with Crippen LogP contribution in [-0.4, -0.2) is 11.2 Å². The van der Waals surface area contributed by atoms with Gasteiger partial charge in [0.2, 0.25) is 0 Å². The van der Waals surface area contributed by atoms with Crippen LogP contribution in [0.1, 0.15) is 26.7 Å². The molecule has 1 heteroatoms. The van der Waals surface area contributed by atoms with Crippen LogP contribution in [0.15, 0.2) is 0 Å². The Morgan fingerprint density at radius 1 is 1.57 bits per heavy atom. The van der Waals surface area contributed by atoms with Crippen LogP contribution in [-0.2, 0) is 0 Å². The fraction of sp³-hybridized carbons (Fsp3) is 1.00. The lowest BCUT2D eigenvalue weighted by Crippen LogP contribution is -2.12. The Morgan fingerprint density at radius 2 is 2.00 bits per heavy atom. The second-order valence-electron chi connectivity index (χ2n) is 2.83. The van der Waals surface area contributed by atoms with Gasteiger partial charge in [0.05, 0.1) is 6.10 Å². The van der Waals surface area contributed by atoms with Crippen LogP contribution in [0.5, 0.6) is 0 Å². The molecule has 0 saturated heterocycles. The minimum Gasteiger partial charge on any atom is -0.393 e. The first-order valence-corrected chi connectivity index (χ1v) is 2.83. The number of hydrogen-bond acceptors (Lipinski definition) is 1. The molecule has 1 saturated carbocycles. The first kappa shape index (κ1) is 5.10. The van der Waals surface area contributed by atoms with Gasteiger partial charge >= 0.3 is 0 Å². The summed E-state index contributed by atoms with van der Waals surface area (Å²) in [4.78, 5) is 0. The van der Waals surface area contributed by atoms with E-state index in [9.17, 15) is 0 Å². The quantitative estimate of drug-likeness (QED) is 0.524. The van der Waals surface area contributed by atoms with Crippen molar-refractivity contribution in [2.24, 2.45) is 5.41 Å². The number of aliphatic hydroxyl groups is 1. The van der Waals surface area contributed by atoms with Gasteiger partial charge in [-0.05, 0) is 25.2 Å². The summed E-state index contributed by atoms with van der Waals surface area (Å²) in [7, 11) is 0. The Bertz CT molecular complexity index is 72.2. The van der Waals surface area contributed by atoms with Gasteiger partial charge in [-0.15, -0.1) is 0 Å². The van der Waals surface area contributed by atoms with Gasteiger partial charge in [-0.3, -0.25) is 0 Å². The zero-order valence-electron chi connectivity index (χ0n) is 4.94. The highest BCUT2D eigenvalue weighted by Gasteiger charge is 2.41. The molecule has 1 atom stereocenters. The van der Waals surface area contributed by atoms with Crippen LogP contribution < -0.4 is 0 Å². The first-order chi connectivity index (χ1) is 3.15. The van der Waals surface area contributed by atoms with E-state index in [2.05, 4.69) is 6.92 Å². The van der Waals surface area contributed by atoms with Crippen molar-refractivity contribution < 1.29 is 5.11 Å². The van der Waals surface area contributed by atoms with Crippen molar-refractivity contribution in [2.75, 3.05) is 0 Å². The Labute approximate surface area is 44.4 Å². The van der Waals surface area contributed by atoms with Gasteiger partial charge < -0.3 is 5.11 Å². The highest BCUT2D eigenvalue weighted by atomic mass is 16.3. The van der Waals surface area contributed by atoms with E-state index >= 15 is 0 Å². The van der Waals surface area contributed by atoms with Gasteiger partial charge in [0.15, 0.2) is 0 Å². The second kappa shape index (κ2) is 1.22. The number of aliphatic hydroxyl groups excluding tert-OH is 1. The van der Waals surface area contributed by atoms with Crippen molar-refractivity contribution in [3.05, 3.63) is 0 Å². The fourth-order valence-electron chi connectivity index (χ4n) is 0.615. The van der Waals surface area contributed by atoms with Gasteiger partial charge in [0, 0.05) is 0 Å². The zero-order chi connectivity index (χ0) is 5.49. The van der Waals surface area contributed by atoms with E-state index in [0.717, 1.165) is 0 Å². The zero-order valence-corrected chi connectivity index (χ0v) is 4.94. The van der Waals surface area contributed by atoms with Crippen molar-refractivity contribution in [1.82, 2.24) is 0 Å². The molecule has 1 fully saturated rings.